The van der Waals surface area contributed by atoms with Gasteiger partial charge in [0, 0.05) is 18.2 Å². The van der Waals surface area contributed by atoms with Gasteiger partial charge in [-0.15, -0.1) is 0 Å². The molecular formula is C23H24ClFN4O4. The first kappa shape index (κ1) is 23.0. The van der Waals surface area contributed by atoms with Crippen molar-refractivity contribution in [2.75, 3.05) is 39.2 Å². The zero-order chi connectivity index (χ0) is 23.4. The maximum Gasteiger partial charge on any atom is 0.238 e. The van der Waals surface area contributed by atoms with Crippen LogP contribution in [0.3, 0.4) is 0 Å². The predicted octanol–water partition coefficient (Wildman–Crippen LogP) is 4.36. The van der Waals surface area contributed by atoms with E-state index in [4.69, 9.17) is 25.6 Å². The quantitative estimate of drug-likeness (QED) is 0.544. The van der Waals surface area contributed by atoms with Crippen LogP contribution in [0, 0.1) is 5.82 Å². The fourth-order valence-corrected chi connectivity index (χ4v) is 4.14. The number of piperidine rings is 1. The molecule has 2 aromatic carbocycles. The van der Waals surface area contributed by atoms with E-state index in [1.165, 1.54) is 26.4 Å². The molecule has 8 nitrogen and oxygen atoms in total. The van der Waals surface area contributed by atoms with Gasteiger partial charge in [0.05, 0.1) is 37.4 Å². The standard InChI is InChI=1S/C23H24ClFN4O4/c1-31-19-11-20(32-2)18(10-17(19)24)26-21(30)13-29-8-4-6-15(12-29)23-27-22(28-33-23)14-5-3-7-16(25)9-14/h3,5,7,9-11,15H,4,6,8,12-13H2,1-2H3,(H,26,30). The Balaban J connectivity index is 1.39. The van der Waals surface area contributed by atoms with Crippen molar-refractivity contribution in [3.63, 3.8) is 0 Å². The van der Waals surface area contributed by atoms with Crippen molar-refractivity contribution in [3.05, 3.63) is 53.1 Å². The number of ether oxygens (including phenoxy) is 2. The molecule has 1 aromatic heterocycles. The Morgan fingerprint density at radius 3 is 2.85 bits per heavy atom. The number of nitrogens with zero attached hydrogens (tertiary/aromatic N) is 3. The summed E-state index contributed by atoms with van der Waals surface area (Å²) in [6, 6.07) is 9.29. The van der Waals surface area contributed by atoms with Gasteiger partial charge in [-0.3, -0.25) is 9.69 Å². The van der Waals surface area contributed by atoms with Crippen LogP contribution in [-0.4, -0.2) is 54.8 Å². The Kier molecular flexibility index (Phi) is 7.10. The lowest BCUT2D eigenvalue weighted by Gasteiger charge is -2.30. The number of nitrogens with one attached hydrogen (secondary N) is 1. The third kappa shape index (κ3) is 5.43. The summed E-state index contributed by atoms with van der Waals surface area (Å²) in [5.74, 6) is 1.20. The van der Waals surface area contributed by atoms with Gasteiger partial charge in [-0.1, -0.05) is 28.9 Å². The minimum atomic E-state index is -0.358. The number of likely N-dealkylation sites (tertiary alicyclic amines) is 1. The largest absolute Gasteiger partial charge is 0.495 e. The van der Waals surface area contributed by atoms with Crippen LogP contribution in [0.2, 0.25) is 5.02 Å². The second kappa shape index (κ2) is 10.2. The van der Waals surface area contributed by atoms with Gasteiger partial charge in [0.2, 0.25) is 17.6 Å². The molecule has 174 valence electrons. The van der Waals surface area contributed by atoms with E-state index in [9.17, 15) is 9.18 Å². The van der Waals surface area contributed by atoms with Crippen LogP contribution in [0.25, 0.3) is 11.4 Å². The van der Waals surface area contributed by atoms with E-state index in [-0.39, 0.29) is 24.2 Å². The van der Waals surface area contributed by atoms with Crippen LogP contribution in [0.1, 0.15) is 24.7 Å². The van der Waals surface area contributed by atoms with Crippen molar-refractivity contribution in [2.24, 2.45) is 0 Å². The van der Waals surface area contributed by atoms with E-state index in [1.54, 1.807) is 24.3 Å². The number of hydrogen-bond donors (Lipinski definition) is 1. The third-order valence-electron chi connectivity index (χ3n) is 5.49. The SMILES string of the molecule is COc1cc(OC)c(NC(=O)CN2CCCC(c3nc(-c4cccc(F)c4)no3)C2)cc1Cl. The molecule has 1 atom stereocenters. The lowest BCUT2D eigenvalue weighted by molar-refractivity contribution is -0.117. The topological polar surface area (TPSA) is 89.7 Å². The Morgan fingerprint density at radius 1 is 1.27 bits per heavy atom. The summed E-state index contributed by atoms with van der Waals surface area (Å²) in [4.78, 5) is 19.2. The van der Waals surface area contributed by atoms with Crippen molar-refractivity contribution in [3.8, 4) is 22.9 Å². The number of hydrogen-bond acceptors (Lipinski definition) is 7. The first-order valence-corrected chi connectivity index (χ1v) is 10.9. The highest BCUT2D eigenvalue weighted by molar-refractivity contribution is 6.32. The molecule has 33 heavy (non-hydrogen) atoms. The van der Waals surface area contributed by atoms with E-state index in [0.717, 1.165) is 19.4 Å². The smallest absolute Gasteiger partial charge is 0.238 e. The molecule has 10 heteroatoms. The Bertz CT molecular complexity index is 1140. The zero-order valence-electron chi connectivity index (χ0n) is 18.3. The Labute approximate surface area is 195 Å². The maximum absolute atomic E-state index is 13.5. The number of benzene rings is 2. The fourth-order valence-electron chi connectivity index (χ4n) is 3.90. The van der Waals surface area contributed by atoms with Crippen LogP contribution in [0.15, 0.2) is 40.9 Å². The molecule has 2 heterocycles. The fraction of sp³-hybridized carbons (Fsp3) is 0.348. The molecule has 0 bridgehead atoms. The molecule has 1 fully saturated rings. The van der Waals surface area contributed by atoms with Crippen LogP contribution in [0.5, 0.6) is 11.5 Å². The molecule has 0 aliphatic carbocycles. The average molecular weight is 475 g/mol. The number of rotatable bonds is 7. The molecule has 0 spiro atoms. The number of carbonyl (C=O) groups excluding carboxylic acids is 1. The molecule has 1 saturated heterocycles. The Hall–Kier alpha value is -3.17. The van der Waals surface area contributed by atoms with Gasteiger partial charge >= 0.3 is 0 Å². The predicted molar refractivity (Wildman–Crippen MR) is 121 cm³/mol. The highest BCUT2D eigenvalue weighted by Gasteiger charge is 2.27. The van der Waals surface area contributed by atoms with Gasteiger partial charge in [0.25, 0.3) is 0 Å². The second-order valence-corrected chi connectivity index (χ2v) is 8.18. The molecule has 0 saturated carbocycles. The number of aromatic nitrogens is 2. The van der Waals surface area contributed by atoms with Crippen molar-refractivity contribution in [2.45, 2.75) is 18.8 Å². The van der Waals surface area contributed by atoms with Crippen molar-refractivity contribution in [1.82, 2.24) is 15.0 Å². The molecule has 1 N–H and O–H groups in total. The molecular weight excluding hydrogens is 451 g/mol. The van der Waals surface area contributed by atoms with Crippen molar-refractivity contribution >= 4 is 23.2 Å². The normalized spacial score (nSPS) is 16.4. The van der Waals surface area contributed by atoms with Gasteiger partial charge in [-0.05, 0) is 37.6 Å². The third-order valence-corrected chi connectivity index (χ3v) is 5.79. The molecule has 1 unspecified atom stereocenters. The van der Waals surface area contributed by atoms with Gasteiger partial charge in [0.1, 0.15) is 17.3 Å². The summed E-state index contributed by atoms with van der Waals surface area (Å²) in [5.41, 5.74) is 1.03. The van der Waals surface area contributed by atoms with Crippen molar-refractivity contribution < 1.29 is 23.2 Å². The second-order valence-electron chi connectivity index (χ2n) is 7.78. The molecule has 0 radical (unpaired) electrons. The average Bonchev–Trinajstić information content (AvgIpc) is 3.30. The van der Waals surface area contributed by atoms with Crippen LogP contribution < -0.4 is 14.8 Å². The zero-order valence-corrected chi connectivity index (χ0v) is 19.1. The molecule has 1 amide bonds. The summed E-state index contributed by atoms with van der Waals surface area (Å²) in [6.07, 6.45) is 1.75. The number of carbonyl (C=O) groups is 1. The molecule has 4 rings (SSSR count). The number of amides is 1. The van der Waals surface area contributed by atoms with E-state index in [2.05, 4.69) is 15.5 Å². The van der Waals surface area contributed by atoms with Gasteiger partial charge < -0.3 is 19.3 Å². The molecule has 3 aromatic rings. The lowest BCUT2D eigenvalue weighted by atomic mass is 9.98. The van der Waals surface area contributed by atoms with E-state index >= 15 is 0 Å². The molecule has 1 aliphatic rings. The maximum atomic E-state index is 13.5. The monoisotopic (exact) mass is 474 g/mol. The van der Waals surface area contributed by atoms with Gasteiger partial charge in [-0.2, -0.15) is 4.98 Å². The first-order chi connectivity index (χ1) is 16.0. The minimum absolute atomic E-state index is 0.00803. The van der Waals surface area contributed by atoms with Gasteiger partial charge in [0.15, 0.2) is 0 Å². The highest BCUT2D eigenvalue weighted by atomic mass is 35.5. The summed E-state index contributed by atoms with van der Waals surface area (Å²) in [5, 5.41) is 7.23. The highest BCUT2D eigenvalue weighted by Crippen LogP contribution is 2.36. The van der Waals surface area contributed by atoms with Crippen molar-refractivity contribution in [1.29, 1.82) is 0 Å². The summed E-state index contributed by atoms with van der Waals surface area (Å²) in [6.45, 7) is 1.56. The number of methoxy groups -OCH3 is 2. The van der Waals surface area contributed by atoms with E-state index in [1.807, 2.05) is 4.90 Å². The summed E-state index contributed by atoms with van der Waals surface area (Å²) >= 11 is 6.19. The van der Waals surface area contributed by atoms with Crippen LogP contribution in [0.4, 0.5) is 10.1 Å². The summed E-state index contributed by atoms with van der Waals surface area (Å²) < 4.78 is 29.5. The summed E-state index contributed by atoms with van der Waals surface area (Å²) in [7, 11) is 3.02. The number of halogens is 2. The van der Waals surface area contributed by atoms with E-state index in [0.29, 0.717) is 46.0 Å². The molecule has 1 aliphatic heterocycles. The lowest BCUT2D eigenvalue weighted by Crippen LogP contribution is -2.39. The van der Waals surface area contributed by atoms with E-state index < -0.39 is 0 Å². The first-order valence-electron chi connectivity index (χ1n) is 10.5. The number of anilines is 1. The Morgan fingerprint density at radius 2 is 2.09 bits per heavy atom. The van der Waals surface area contributed by atoms with Gasteiger partial charge in [-0.25, -0.2) is 4.39 Å². The van der Waals surface area contributed by atoms with Crippen LogP contribution >= 0.6 is 11.6 Å². The minimum Gasteiger partial charge on any atom is -0.495 e. The van der Waals surface area contributed by atoms with Crippen LogP contribution in [-0.2, 0) is 4.79 Å².